The maximum atomic E-state index is 6.06. The summed E-state index contributed by atoms with van der Waals surface area (Å²) in [6, 6.07) is 7.20. The van der Waals surface area contributed by atoms with Gasteiger partial charge in [0.25, 0.3) is 0 Å². The molecule has 2 rings (SSSR count). The topological polar surface area (TPSA) is 26.0 Å². The van der Waals surface area contributed by atoms with Crippen LogP contribution in [0.15, 0.2) is 22.7 Å². The van der Waals surface area contributed by atoms with Crippen LogP contribution in [0.5, 0.6) is 0 Å². The number of rotatable bonds is 3. The highest BCUT2D eigenvalue weighted by molar-refractivity contribution is 9.10. The van der Waals surface area contributed by atoms with Crippen molar-refractivity contribution < 1.29 is 0 Å². The quantitative estimate of drug-likeness (QED) is 0.820. The Labute approximate surface area is 119 Å². The van der Waals surface area contributed by atoms with Crippen LogP contribution >= 0.6 is 15.9 Å². The first-order valence-corrected chi connectivity index (χ1v) is 8.01. The summed E-state index contributed by atoms with van der Waals surface area (Å²) in [5.41, 5.74) is 9.10. The van der Waals surface area contributed by atoms with Crippen molar-refractivity contribution in [2.24, 2.45) is 11.7 Å². The van der Waals surface area contributed by atoms with E-state index in [-0.39, 0.29) is 0 Å². The second kappa shape index (κ2) is 6.72. The lowest BCUT2D eigenvalue weighted by Crippen LogP contribution is -2.18. The van der Waals surface area contributed by atoms with E-state index in [1.807, 2.05) is 0 Å². The molecule has 0 amide bonds. The lowest BCUT2D eigenvalue weighted by atomic mass is 9.89. The zero-order valence-electron chi connectivity index (χ0n) is 11.3. The van der Waals surface area contributed by atoms with Crippen LogP contribution in [0.2, 0.25) is 0 Å². The molecule has 1 nitrogen and oxygen atoms in total. The Morgan fingerprint density at radius 2 is 2.00 bits per heavy atom. The smallest absolute Gasteiger partial charge is 0.0178 e. The number of benzene rings is 1. The summed E-state index contributed by atoms with van der Waals surface area (Å²) in [5, 5.41) is 0. The molecule has 1 aliphatic rings. The summed E-state index contributed by atoms with van der Waals surface area (Å²) >= 11 is 3.57. The van der Waals surface area contributed by atoms with Crippen molar-refractivity contribution in [3.8, 4) is 0 Å². The minimum Gasteiger partial charge on any atom is -0.328 e. The second-order valence-electron chi connectivity index (χ2n) is 5.61. The summed E-state index contributed by atoms with van der Waals surface area (Å²) in [6.45, 7) is 2.24. The van der Waals surface area contributed by atoms with E-state index in [0.717, 1.165) is 12.3 Å². The predicted octanol–water partition coefficient (Wildman–Crippen LogP) is 4.46. The number of hydrogen-bond donors (Lipinski definition) is 1. The molecule has 2 atom stereocenters. The first-order valence-electron chi connectivity index (χ1n) is 7.22. The minimum absolute atomic E-state index is 0.450. The maximum absolute atomic E-state index is 6.06. The largest absolute Gasteiger partial charge is 0.328 e. The third kappa shape index (κ3) is 3.83. The van der Waals surface area contributed by atoms with Gasteiger partial charge in [-0.2, -0.15) is 0 Å². The van der Waals surface area contributed by atoms with Crippen LogP contribution in [0.3, 0.4) is 0 Å². The zero-order valence-corrected chi connectivity index (χ0v) is 12.9. The molecule has 18 heavy (non-hydrogen) atoms. The van der Waals surface area contributed by atoms with Crippen molar-refractivity contribution in [2.75, 3.05) is 0 Å². The Hall–Kier alpha value is -0.340. The van der Waals surface area contributed by atoms with Gasteiger partial charge in [0, 0.05) is 10.5 Å². The molecule has 0 aromatic heterocycles. The maximum Gasteiger partial charge on any atom is 0.0178 e. The molecule has 0 saturated heterocycles. The van der Waals surface area contributed by atoms with Crippen LogP contribution in [0.25, 0.3) is 0 Å². The summed E-state index contributed by atoms with van der Waals surface area (Å²) < 4.78 is 1.20. The molecule has 2 unspecified atom stereocenters. The van der Waals surface area contributed by atoms with E-state index in [1.165, 1.54) is 48.6 Å². The third-order valence-electron chi connectivity index (χ3n) is 4.19. The first-order chi connectivity index (χ1) is 8.69. The first kappa shape index (κ1) is 14.1. The fourth-order valence-corrected chi connectivity index (χ4v) is 3.45. The highest BCUT2D eigenvalue weighted by Crippen LogP contribution is 2.28. The van der Waals surface area contributed by atoms with E-state index in [9.17, 15) is 0 Å². The zero-order chi connectivity index (χ0) is 13.0. The van der Waals surface area contributed by atoms with Crippen molar-refractivity contribution in [1.82, 2.24) is 0 Å². The van der Waals surface area contributed by atoms with Crippen LogP contribution in [0, 0.1) is 5.92 Å². The second-order valence-corrected chi connectivity index (χ2v) is 6.52. The van der Waals surface area contributed by atoms with E-state index in [2.05, 4.69) is 41.1 Å². The van der Waals surface area contributed by atoms with Gasteiger partial charge in [0.15, 0.2) is 0 Å². The van der Waals surface area contributed by atoms with Gasteiger partial charge in [-0.1, -0.05) is 41.8 Å². The lowest BCUT2D eigenvalue weighted by Gasteiger charge is -2.16. The molecule has 0 aliphatic heterocycles. The molecule has 1 aromatic carbocycles. The molecule has 1 saturated carbocycles. The van der Waals surface area contributed by atoms with Gasteiger partial charge in [0.05, 0.1) is 0 Å². The van der Waals surface area contributed by atoms with Crippen LogP contribution < -0.4 is 5.73 Å². The molecule has 2 heteroatoms. The fourth-order valence-electron chi connectivity index (χ4n) is 3.05. The minimum atomic E-state index is 0.450. The average molecular weight is 310 g/mol. The van der Waals surface area contributed by atoms with Gasteiger partial charge < -0.3 is 5.73 Å². The van der Waals surface area contributed by atoms with Gasteiger partial charge >= 0.3 is 0 Å². The van der Waals surface area contributed by atoms with Crippen molar-refractivity contribution >= 4 is 15.9 Å². The summed E-state index contributed by atoms with van der Waals surface area (Å²) in [4.78, 5) is 0. The Kier molecular flexibility index (Phi) is 5.25. The number of hydrogen-bond acceptors (Lipinski definition) is 1. The molecule has 1 aromatic rings. The van der Waals surface area contributed by atoms with Crippen LogP contribution in [-0.2, 0) is 12.8 Å². The summed E-state index contributed by atoms with van der Waals surface area (Å²) in [6.07, 6.45) is 8.77. The Bertz CT molecular complexity index is 389. The number of halogens is 1. The van der Waals surface area contributed by atoms with E-state index >= 15 is 0 Å². The summed E-state index contributed by atoms with van der Waals surface area (Å²) in [5.74, 6) is 0.838. The molecule has 100 valence electrons. The van der Waals surface area contributed by atoms with E-state index in [0.29, 0.717) is 6.04 Å². The van der Waals surface area contributed by atoms with Crippen molar-refractivity contribution in [3.05, 3.63) is 33.8 Å². The Morgan fingerprint density at radius 3 is 2.78 bits per heavy atom. The Morgan fingerprint density at radius 1 is 1.17 bits per heavy atom. The normalized spacial score (nSPS) is 24.8. The summed E-state index contributed by atoms with van der Waals surface area (Å²) in [7, 11) is 0. The monoisotopic (exact) mass is 309 g/mol. The molecule has 1 fully saturated rings. The number of nitrogens with two attached hydrogens (primary N) is 1. The molecule has 0 heterocycles. The van der Waals surface area contributed by atoms with E-state index in [1.54, 1.807) is 5.56 Å². The SMILES string of the molecule is CCc1cc(Br)ccc1CC1CCCC(N)CC1. The lowest BCUT2D eigenvalue weighted by molar-refractivity contribution is 0.453. The van der Waals surface area contributed by atoms with Crippen molar-refractivity contribution in [2.45, 2.75) is 57.9 Å². The predicted molar refractivity (Wildman–Crippen MR) is 81.8 cm³/mol. The van der Waals surface area contributed by atoms with Crippen molar-refractivity contribution in [3.63, 3.8) is 0 Å². The van der Waals surface area contributed by atoms with E-state index in [4.69, 9.17) is 5.73 Å². The molecular weight excluding hydrogens is 286 g/mol. The molecule has 0 bridgehead atoms. The van der Waals surface area contributed by atoms with Gasteiger partial charge in [-0.3, -0.25) is 0 Å². The van der Waals surface area contributed by atoms with Gasteiger partial charge in [-0.25, -0.2) is 0 Å². The molecular formula is C16H24BrN. The fraction of sp³-hybridized carbons (Fsp3) is 0.625. The highest BCUT2D eigenvalue weighted by atomic mass is 79.9. The molecule has 1 aliphatic carbocycles. The average Bonchev–Trinajstić information content (AvgIpc) is 2.56. The third-order valence-corrected chi connectivity index (χ3v) is 4.68. The molecule has 0 radical (unpaired) electrons. The van der Waals surface area contributed by atoms with Crippen LogP contribution in [0.1, 0.15) is 50.2 Å². The van der Waals surface area contributed by atoms with Crippen LogP contribution in [-0.4, -0.2) is 6.04 Å². The molecule has 0 spiro atoms. The Balaban J connectivity index is 2.04. The van der Waals surface area contributed by atoms with Gasteiger partial charge in [-0.05, 0) is 61.3 Å². The van der Waals surface area contributed by atoms with Gasteiger partial charge in [0.2, 0.25) is 0 Å². The van der Waals surface area contributed by atoms with Crippen molar-refractivity contribution in [1.29, 1.82) is 0 Å². The number of aryl methyl sites for hydroxylation is 1. The van der Waals surface area contributed by atoms with Gasteiger partial charge in [-0.15, -0.1) is 0 Å². The van der Waals surface area contributed by atoms with Gasteiger partial charge in [0.1, 0.15) is 0 Å². The molecule has 2 N–H and O–H groups in total. The van der Waals surface area contributed by atoms with E-state index < -0.39 is 0 Å². The van der Waals surface area contributed by atoms with Crippen LogP contribution in [0.4, 0.5) is 0 Å². The standard InChI is InChI=1S/C16H24BrN/c1-2-13-11-15(17)8-7-14(13)10-12-4-3-5-16(18)9-6-12/h7-8,11-12,16H,2-6,9-10,18H2,1H3. The highest BCUT2D eigenvalue weighted by Gasteiger charge is 2.17.